The number of amides is 4. The lowest BCUT2D eigenvalue weighted by Gasteiger charge is -2.25. The van der Waals surface area contributed by atoms with Crippen molar-refractivity contribution in [2.45, 2.75) is 44.9 Å². The van der Waals surface area contributed by atoms with Gasteiger partial charge in [0.2, 0.25) is 23.6 Å². The second-order valence-corrected chi connectivity index (χ2v) is 7.25. The summed E-state index contributed by atoms with van der Waals surface area (Å²) in [7, 11) is 0. The maximum Gasteiger partial charge on any atom is 0.243 e. The van der Waals surface area contributed by atoms with Crippen molar-refractivity contribution in [1.29, 1.82) is 0 Å². The molecule has 3 atom stereocenters. The summed E-state index contributed by atoms with van der Waals surface area (Å²) in [5.74, 6) is -1.86. The Morgan fingerprint density at radius 2 is 1.84 bits per heavy atom. The minimum Gasteiger partial charge on any atom is -0.348 e. The van der Waals surface area contributed by atoms with Crippen molar-refractivity contribution in [2.24, 2.45) is 5.92 Å². The van der Waals surface area contributed by atoms with E-state index in [9.17, 15) is 24.0 Å². The normalized spacial score (nSPS) is 19.5. The predicted molar refractivity (Wildman–Crippen MR) is 93.7 cm³/mol. The molecule has 0 aromatic rings. The zero-order valence-corrected chi connectivity index (χ0v) is 15.8. The van der Waals surface area contributed by atoms with Gasteiger partial charge in [-0.25, -0.2) is 0 Å². The fourth-order valence-corrected chi connectivity index (χ4v) is 3.25. The van der Waals surface area contributed by atoms with Crippen LogP contribution in [0.5, 0.6) is 0 Å². The molecule has 0 aliphatic carbocycles. The van der Waals surface area contributed by atoms with Crippen LogP contribution in [0.15, 0.2) is 0 Å². The molecule has 1 aliphatic heterocycles. The van der Waals surface area contributed by atoms with E-state index in [0.29, 0.717) is 6.42 Å². The van der Waals surface area contributed by atoms with E-state index in [0.717, 1.165) is 0 Å². The van der Waals surface area contributed by atoms with Crippen molar-refractivity contribution in [3.8, 4) is 0 Å². The highest BCUT2D eigenvalue weighted by Crippen LogP contribution is 2.26. The highest BCUT2D eigenvalue weighted by Gasteiger charge is 2.41. The molecular formula is C16H25N3O5S. The van der Waals surface area contributed by atoms with Gasteiger partial charge in [-0.3, -0.25) is 28.9 Å². The summed E-state index contributed by atoms with van der Waals surface area (Å²) in [6.07, 6.45) is 2.30. The summed E-state index contributed by atoms with van der Waals surface area (Å²) in [5.41, 5.74) is 0. The van der Waals surface area contributed by atoms with Gasteiger partial charge in [0.05, 0.1) is 18.3 Å². The number of hydrogen-bond acceptors (Lipinski definition) is 6. The van der Waals surface area contributed by atoms with Crippen molar-refractivity contribution < 1.29 is 24.0 Å². The molecule has 0 radical (unpaired) electrons. The second-order valence-electron chi connectivity index (χ2n) is 6.21. The number of imide groups is 1. The molecular weight excluding hydrogens is 346 g/mol. The SMILES string of the molecule is CSC1CC(=O)N(C(C)CC(C)C(=O)NCC(=O)NCC(C)=O)C1=O. The molecule has 0 aromatic heterocycles. The molecule has 0 saturated carbocycles. The van der Waals surface area contributed by atoms with Gasteiger partial charge in [-0.05, 0) is 26.5 Å². The number of Topliss-reactive ketones (excluding diaryl/α,β-unsaturated/α-hetero) is 1. The molecule has 0 spiro atoms. The number of ketones is 1. The number of thioether (sulfide) groups is 1. The first-order valence-corrected chi connectivity index (χ1v) is 9.38. The van der Waals surface area contributed by atoms with E-state index in [2.05, 4.69) is 10.6 Å². The van der Waals surface area contributed by atoms with Crippen LogP contribution in [-0.4, -0.2) is 64.9 Å². The lowest BCUT2D eigenvalue weighted by Crippen LogP contribution is -2.43. The van der Waals surface area contributed by atoms with Gasteiger partial charge in [0.25, 0.3) is 0 Å². The van der Waals surface area contributed by atoms with Crippen LogP contribution in [0.3, 0.4) is 0 Å². The third-order valence-electron chi connectivity index (χ3n) is 3.97. The van der Waals surface area contributed by atoms with Crippen LogP contribution in [0, 0.1) is 5.92 Å². The first-order valence-electron chi connectivity index (χ1n) is 8.09. The maximum atomic E-state index is 12.2. The fourth-order valence-electron chi connectivity index (χ4n) is 2.62. The van der Waals surface area contributed by atoms with Crippen LogP contribution in [-0.2, 0) is 24.0 Å². The largest absolute Gasteiger partial charge is 0.348 e. The lowest BCUT2D eigenvalue weighted by molar-refractivity contribution is -0.141. The van der Waals surface area contributed by atoms with Crippen molar-refractivity contribution in [3.05, 3.63) is 0 Å². The molecule has 9 heteroatoms. The first-order chi connectivity index (χ1) is 11.7. The number of carbonyl (C=O) groups excluding carboxylic acids is 5. The molecule has 1 heterocycles. The summed E-state index contributed by atoms with van der Waals surface area (Å²) in [4.78, 5) is 59.8. The number of nitrogens with zero attached hydrogens (tertiary/aromatic N) is 1. The number of carbonyl (C=O) groups is 5. The standard InChI is InChI=1S/C16H25N3O5S/c1-9(15(23)18-8-13(21)17-7-11(3)20)5-10(2)19-14(22)6-12(25-4)16(19)24/h9-10,12H,5-8H2,1-4H3,(H,17,21)(H,18,23). The Kier molecular flexibility index (Phi) is 8.08. The Morgan fingerprint density at radius 1 is 1.20 bits per heavy atom. The molecule has 1 rings (SSSR count). The zero-order chi connectivity index (χ0) is 19.1. The maximum absolute atomic E-state index is 12.2. The topological polar surface area (TPSA) is 113 Å². The van der Waals surface area contributed by atoms with Crippen LogP contribution in [0.2, 0.25) is 0 Å². The minimum absolute atomic E-state index is 0.0723. The van der Waals surface area contributed by atoms with Gasteiger partial charge in [0, 0.05) is 18.4 Å². The molecule has 3 unspecified atom stereocenters. The van der Waals surface area contributed by atoms with Crippen molar-refractivity contribution in [2.75, 3.05) is 19.3 Å². The van der Waals surface area contributed by atoms with Crippen LogP contribution in [0.25, 0.3) is 0 Å². The van der Waals surface area contributed by atoms with Gasteiger partial charge >= 0.3 is 0 Å². The molecule has 0 bridgehead atoms. The van der Waals surface area contributed by atoms with E-state index < -0.39 is 11.8 Å². The van der Waals surface area contributed by atoms with E-state index in [1.165, 1.54) is 23.6 Å². The first kappa shape index (κ1) is 21.1. The Hall–Kier alpha value is -1.90. The number of hydrogen-bond donors (Lipinski definition) is 2. The van der Waals surface area contributed by atoms with E-state index in [1.807, 2.05) is 0 Å². The Morgan fingerprint density at radius 3 is 2.36 bits per heavy atom. The van der Waals surface area contributed by atoms with Crippen LogP contribution in [0.4, 0.5) is 0 Å². The summed E-state index contributed by atoms with van der Waals surface area (Å²) < 4.78 is 0. The molecule has 140 valence electrons. The van der Waals surface area contributed by atoms with Crippen LogP contribution >= 0.6 is 11.8 Å². The average Bonchev–Trinajstić information content (AvgIpc) is 2.84. The Balaban J connectivity index is 2.46. The molecule has 8 nitrogen and oxygen atoms in total. The smallest absolute Gasteiger partial charge is 0.243 e. The van der Waals surface area contributed by atoms with E-state index >= 15 is 0 Å². The number of likely N-dealkylation sites (tertiary alicyclic amines) is 1. The van der Waals surface area contributed by atoms with Gasteiger partial charge < -0.3 is 10.6 Å². The van der Waals surface area contributed by atoms with E-state index in [-0.39, 0.29) is 54.3 Å². The number of nitrogens with one attached hydrogen (secondary N) is 2. The van der Waals surface area contributed by atoms with Crippen molar-refractivity contribution in [1.82, 2.24) is 15.5 Å². The van der Waals surface area contributed by atoms with Gasteiger partial charge in [-0.1, -0.05) is 6.92 Å². The number of rotatable bonds is 9. The van der Waals surface area contributed by atoms with E-state index in [4.69, 9.17) is 0 Å². The predicted octanol–water partition coefficient (Wildman–Crippen LogP) is -0.287. The minimum atomic E-state index is -0.468. The molecule has 1 saturated heterocycles. The van der Waals surface area contributed by atoms with Gasteiger partial charge in [0.15, 0.2) is 0 Å². The summed E-state index contributed by atoms with van der Waals surface area (Å²) in [6.45, 7) is 4.47. The van der Waals surface area contributed by atoms with E-state index in [1.54, 1.807) is 20.1 Å². The molecule has 1 aliphatic rings. The molecule has 25 heavy (non-hydrogen) atoms. The van der Waals surface area contributed by atoms with Gasteiger partial charge in [-0.15, -0.1) is 0 Å². The third-order valence-corrected chi connectivity index (χ3v) is 4.90. The fraction of sp³-hybridized carbons (Fsp3) is 0.688. The van der Waals surface area contributed by atoms with Crippen LogP contribution in [0.1, 0.15) is 33.6 Å². The van der Waals surface area contributed by atoms with Crippen molar-refractivity contribution in [3.63, 3.8) is 0 Å². The third kappa shape index (κ3) is 6.15. The highest BCUT2D eigenvalue weighted by molar-refractivity contribution is 8.00. The zero-order valence-electron chi connectivity index (χ0n) is 15.0. The lowest BCUT2D eigenvalue weighted by atomic mass is 10.0. The monoisotopic (exact) mass is 371 g/mol. The second kappa shape index (κ2) is 9.55. The summed E-state index contributed by atoms with van der Waals surface area (Å²) >= 11 is 1.35. The molecule has 1 fully saturated rings. The Bertz CT molecular complexity index is 566. The average molecular weight is 371 g/mol. The summed E-state index contributed by atoms with van der Waals surface area (Å²) in [6, 6.07) is -0.385. The van der Waals surface area contributed by atoms with Gasteiger partial charge in [0.1, 0.15) is 5.78 Å². The van der Waals surface area contributed by atoms with Gasteiger partial charge in [-0.2, -0.15) is 11.8 Å². The highest BCUT2D eigenvalue weighted by atomic mass is 32.2. The van der Waals surface area contributed by atoms with Crippen molar-refractivity contribution >= 4 is 41.2 Å². The molecule has 2 N–H and O–H groups in total. The summed E-state index contributed by atoms with van der Waals surface area (Å²) in [5, 5.41) is 4.53. The Labute approximate surface area is 151 Å². The van der Waals surface area contributed by atoms with Crippen LogP contribution < -0.4 is 10.6 Å². The quantitative estimate of drug-likeness (QED) is 0.539. The molecule has 0 aromatic carbocycles. The molecule has 4 amide bonds.